The number of likely N-dealkylation sites (tertiary alicyclic amines) is 1. The predicted octanol–water partition coefficient (Wildman–Crippen LogP) is 6.25. The van der Waals surface area contributed by atoms with Gasteiger partial charge in [0.25, 0.3) is 0 Å². The molecule has 1 rings (SSSR count). The zero-order chi connectivity index (χ0) is 21.2. The van der Waals surface area contributed by atoms with Gasteiger partial charge in [0.1, 0.15) is 0 Å². The van der Waals surface area contributed by atoms with E-state index in [1.54, 1.807) is 0 Å². The first-order valence-electron chi connectivity index (χ1n) is 12.3. The Labute approximate surface area is 178 Å². The quantitative estimate of drug-likeness (QED) is 0.231. The molecule has 1 aliphatic rings. The van der Waals surface area contributed by atoms with Crippen LogP contribution in [0.25, 0.3) is 0 Å². The van der Waals surface area contributed by atoms with E-state index in [1.165, 1.54) is 96.6 Å². The summed E-state index contributed by atoms with van der Waals surface area (Å²) >= 11 is 0. The first-order valence-corrected chi connectivity index (χ1v) is 12.3. The van der Waals surface area contributed by atoms with Crippen LogP contribution in [-0.2, 0) is 9.59 Å². The maximum Gasteiger partial charge on any atom is 0.303 e. The highest BCUT2D eigenvalue weighted by molar-refractivity contribution is 5.66. The lowest BCUT2D eigenvalue weighted by Crippen LogP contribution is -2.30. The zero-order valence-electron chi connectivity index (χ0n) is 18.6. The van der Waals surface area contributed by atoms with Crippen LogP contribution in [0.5, 0.6) is 0 Å². The van der Waals surface area contributed by atoms with E-state index < -0.39 is 11.9 Å². The van der Waals surface area contributed by atoms with Gasteiger partial charge in [-0.1, -0.05) is 70.6 Å². The standard InChI is InChI=1S/C24H45NO4/c26-23(27)18-12-8-4-1-3-7-11-16-22-17-15-21-25(22)20-14-10-6-2-5-9-13-19-24(28)29/h22H,1-21H2,(H,26,27)(H,28,29)/t22-/m0/s1. The Balaban J connectivity index is 1.90. The molecule has 1 fully saturated rings. The molecule has 0 unspecified atom stereocenters. The van der Waals surface area contributed by atoms with Gasteiger partial charge in [-0.15, -0.1) is 0 Å². The van der Waals surface area contributed by atoms with Gasteiger partial charge in [-0.25, -0.2) is 0 Å². The molecule has 1 aliphatic heterocycles. The molecule has 5 heteroatoms. The van der Waals surface area contributed by atoms with Gasteiger partial charge in [-0.05, 0) is 51.6 Å². The molecule has 170 valence electrons. The monoisotopic (exact) mass is 411 g/mol. The van der Waals surface area contributed by atoms with Crippen molar-refractivity contribution in [2.24, 2.45) is 0 Å². The molecular weight excluding hydrogens is 366 g/mol. The van der Waals surface area contributed by atoms with Crippen molar-refractivity contribution in [3.8, 4) is 0 Å². The van der Waals surface area contributed by atoms with E-state index in [9.17, 15) is 9.59 Å². The second-order valence-corrected chi connectivity index (χ2v) is 8.86. The first-order chi connectivity index (χ1) is 14.1. The summed E-state index contributed by atoms with van der Waals surface area (Å²) in [4.78, 5) is 23.7. The van der Waals surface area contributed by atoms with Crippen LogP contribution in [-0.4, -0.2) is 46.2 Å². The second-order valence-electron chi connectivity index (χ2n) is 8.86. The van der Waals surface area contributed by atoms with Gasteiger partial charge in [-0.2, -0.15) is 0 Å². The van der Waals surface area contributed by atoms with Crippen molar-refractivity contribution in [2.45, 2.75) is 128 Å². The molecule has 0 aliphatic carbocycles. The van der Waals surface area contributed by atoms with E-state index in [0.717, 1.165) is 31.7 Å². The van der Waals surface area contributed by atoms with Gasteiger partial charge >= 0.3 is 11.9 Å². The number of hydrogen-bond donors (Lipinski definition) is 2. The second kappa shape index (κ2) is 17.7. The minimum Gasteiger partial charge on any atom is -0.481 e. The normalized spacial score (nSPS) is 17.0. The molecule has 0 aromatic rings. The molecule has 1 atom stereocenters. The molecule has 1 saturated heterocycles. The maximum atomic E-state index is 10.5. The summed E-state index contributed by atoms with van der Waals surface area (Å²) in [6, 6.07) is 0.807. The van der Waals surface area contributed by atoms with Crippen molar-refractivity contribution in [3.63, 3.8) is 0 Å². The van der Waals surface area contributed by atoms with Crippen LogP contribution < -0.4 is 0 Å². The lowest BCUT2D eigenvalue weighted by Gasteiger charge is -2.24. The zero-order valence-corrected chi connectivity index (χ0v) is 18.6. The number of carboxylic acids is 2. The summed E-state index contributed by atoms with van der Waals surface area (Å²) in [7, 11) is 0. The molecule has 0 saturated carbocycles. The molecule has 1 heterocycles. The molecule has 0 radical (unpaired) electrons. The van der Waals surface area contributed by atoms with Gasteiger partial charge in [-0.3, -0.25) is 9.59 Å². The number of hydrogen-bond acceptors (Lipinski definition) is 3. The minimum atomic E-state index is -0.668. The third-order valence-electron chi connectivity index (χ3n) is 6.26. The summed E-state index contributed by atoms with van der Waals surface area (Å²) in [5.41, 5.74) is 0. The number of rotatable bonds is 20. The summed E-state index contributed by atoms with van der Waals surface area (Å²) in [5, 5.41) is 17.3. The average molecular weight is 412 g/mol. The van der Waals surface area contributed by atoms with Crippen molar-refractivity contribution < 1.29 is 19.8 Å². The number of carbonyl (C=O) groups is 2. The van der Waals surface area contributed by atoms with Crippen LogP contribution >= 0.6 is 0 Å². The van der Waals surface area contributed by atoms with Crippen LogP contribution in [0.4, 0.5) is 0 Å². The fourth-order valence-electron chi connectivity index (χ4n) is 4.53. The summed E-state index contributed by atoms with van der Waals surface area (Å²) in [6.07, 6.45) is 21.2. The molecule has 2 N–H and O–H groups in total. The topological polar surface area (TPSA) is 77.8 Å². The molecule has 5 nitrogen and oxygen atoms in total. The Kier molecular flexibility index (Phi) is 15.9. The van der Waals surface area contributed by atoms with Crippen molar-refractivity contribution >= 4 is 11.9 Å². The molecular formula is C24H45NO4. The fraction of sp³-hybridized carbons (Fsp3) is 0.917. The van der Waals surface area contributed by atoms with Crippen LogP contribution in [0.2, 0.25) is 0 Å². The van der Waals surface area contributed by atoms with Crippen LogP contribution in [0.3, 0.4) is 0 Å². The third-order valence-corrected chi connectivity index (χ3v) is 6.26. The van der Waals surface area contributed by atoms with Crippen LogP contribution in [0.15, 0.2) is 0 Å². The fourth-order valence-corrected chi connectivity index (χ4v) is 4.53. The molecule has 0 aromatic carbocycles. The highest BCUT2D eigenvalue weighted by Gasteiger charge is 2.22. The van der Waals surface area contributed by atoms with Gasteiger partial charge in [0.15, 0.2) is 0 Å². The Morgan fingerprint density at radius 1 is 0.655 bits per heavy atom. The first kappa shape index (κ1) is 25.9. The number of nitrogens with zero attached hydrogens (tertiary/aromatic N) is 1. The summed E-state index contributed by atoms with van der Waals surface area (Å²) in [6.45, 7) is 2.54. The summed E-state index contributed by atoms with van der Waals surface area (Å²) in [5.74, 6) is -1.34. The van der Waals surface area contributed by atoms with Gasteiger partial charge in [0.05, 0.1) is 0 Å². The lowest BCUT2D eigenvalue weighted by atomic mass is 10.0. The van der Waals surface area contributed by atoms with E-state index in [1.807, 2.05) is 0 Å². The van der Waals surface area contributed by atoms with E-state index in [4.69, 9.17) is 10.2 Å². The Bertz CT molecular complexity index is 389. The molecule has 29 heavy (non-hydrogen) atoms. The largest absolute Gasteiger partial charge is 0.481 e. The van der Waals surface area contributed by atoms with E-state index >= 15 is 0 Å². The maximum absolute atomic E-state index is 10.5. The smallest absolute Gasteiger partial charge is 0.303 e. The van der Waals surface area contributed by atoms with E-state index in [0.29, 0.717) is 12.8 Å². The minimum absolute atomic E-state index is 0.323. The van der Waals surface area contributed by atoms with Gasteiger partial charge in [0.2, 0.25) is 0 Å². The van der Waals surface area contributed by atoms with Crippen LogP contribution in [0, 0.1) is 0 Å². The Morgan fingerprint density at radius 3 is 1.62 bits per heavy atom. The summed E-state index contributed by atoms with van der Waals surface area (Å²) < 4.78 is 0. The van der Waals surface area contributed by atoms with Crippen molar-refractivity contribution in [2.75, 3.05) is 13.1 Å². The van der Waals surface area contributed by atoms with Gasteiger partial charge in [0, 0.05) is 18.9 Å². The van der Waals surface area contributed by atoms with Crippen molar-refractivity contribution in [3.05, 3.63) is 0 Å². The SMILES string of the molecule is O=C(O)CCCCCCCCC[C@H]1CCCN1CCCCCCCCCC(=O)O. The molecule has 0 aromatic heterocycles. The highest BCUT2D eigenvalue weighted by atomic mass is 16.4. The Morgan fingerprint density at radius 2 is 1.10 bits per heavy atom. The highest BCUT2D eigenvalue weighted by Crippen LogP contribution is 2.23. The third kappa shape index (κ3) is 15.4. The number of aliphatic carboxylic acids is 2. The van der Waals surface area contributed by atoms with Crippen molar-refractivity contribution in [1.82, 2.24) is 4.90 Å². The number of unbranched alkanes of at least 4 members (excludes halogenated alkanes) is 12. The van der Waals surface area contributed by atoms with Crippen LogP contribution in [0.1, 0.15) is 122 Å². The lowest BCUT2D eigenvalue weighted by molar-refractivity contribution is -0.138. The average Bonchev–Trinajstić information content (AvgIpc) is 3.12. The molecule has 0 amide bonds. The number of carboxylic acid groups (broad SMARTS) is 2. The van der Waals surface area contributed by atoms with E-state index in [-0.39, 0.29) is 0 Å². The Hall–Kier alpha value is -1.10. The van der Waals surface area contributed by atoms with E-state index in [2.05, 4.69) is 4.90 Å². The predicted molar refractivity (Wildman–Crippen MR) is 118 cm³/mol. The van der Waals surface area contributed by atoms with Gasteiger partial charge < -0.3 is 15.1 Å². The molecule has 0 spiro atoms. The van der Waals surface area contributed by atoms with Crippen molar-refractivity contribution in [1.29, 1.82) is 0 Å². The molecule has 0 bridgehead atoms.